The second kappa shape index (κ2) is 5.29. The lowest BCUT2D eigenvalue weighted by Gasteiger charge is -2.08. The van der Waals surface area contributed by atoms with E-state index in [9.17, 15) is 0 Å². The average molecular weight is 368 g/mol. The van der Waals surface area contributed by atoms with Gasteiger partial charge in [-0.05, 0) is 35.7 Å². The third-order valence-electron chi connectivity index (χ3n) is 5.03. The number of aryl methyl sites for hydroxylation is 1. The van der Waals surface area contributed by atoms with E-state index < -0.39 is 0 Å². The maximum absolute atomic E-state index is 5.69. The molecule has 0 radical (unpaired) electrons. The van der Waals surface area contributed by atoms with E-state index in [0.29, 0.717) is 0 Å². The van der Waals surface area contributed by atoms with Gasteiger partial charge >= 0.3 is 0 Å². The van der Waals surface area contributed by atoms with Crippen molar-refractivity contribution >= 4 is 32.4 Å². The maximum atomic E-state index is 5.69. The summed E-state index contributed by atoms with van der Waals surface area (Å²) in [6.07, 6.45) is 2.11. The monoisotopic (exact) mass is 367 g/mol. The number of aromatic nitrogens is 1. The van der Waals surface area contributed by atoms with Crippen LogP contribution in [-0.2, 0) is 7.05 Å². The van der Waals surface area contributed by atoms with Crippen LogP contribution in [0.2, 0.25) is 0 Å². The normalized spacial score (nSPS) is 14.2. The third kappa shape index (κ3) is 1.89. The number of halogens is 1. The summed E-state index contributed by atoms with van der Waals surface area (Å²) in [6.45, 7) is 0.555. The predicted octanol–water partition coefficient (Wildman–Crippen LogP) is 0.432. The Balaban J connectivity index is 0.00000150. The summed E-state index contributed by atoms with van der Waals surface area (Å²) in [5.74, 6) is 3.22. The molecule has 2 aliphatic heterocycles. The molecule has 0 atom stereocenters. The minimum absolute atomic E-state index is 0. The number of hydrogen-bond acceptors (Lipinski definition) is 4. The lowest BCUT2D eigenvalue weighted by molar-refractivity contribution is -0.642. The largest absolute Gasteiger partial charge is 1.00 e. The molecule has 4 aromatic rings. The van der Waals surface area contributed by atoms with E-state index in [0.717, 1.165) is 50.1 Å². The zero-order valence-electron chi connectivity index (χ0n) is 13.9. The molecule has 0 saturated heterocycles. The van der Waals surface area contributed by atoms with Crippen LogP contribution in [0.1, 0.15) is 0 Å². The Kier molecular flexibility index (Phi) is 3.12. The quantitative estimate of drug-likeness (QED) is 0.334. The summed E-state index contributed by atoms with van der Waals surface area (Å²) in [5.41, 5.74) is 1.15. The maximum Gasteiger partial charge on any atom is 0.231 e. The second-order valence-corrected chi connectivity index (χ2v) is 6.39. The molecule has 3 heterocycles. The molecular formula is C20H14ClNO4. The molecule has 0 saturated carbocycles. The van der Waals surface area contributed by atoms with Gasteiger partial charge in [-0.15, -0.1) is 0 Å². The molecule has 1 aromatic heterocycles. The van der Waals surface area contributed by atoms with Crippen LogP contribution in [0.15, 0.2) is 42.6 Å². The van der Waals surface area contributed by atoms with Crippen molar-refractivity contribution in [2.24, 2.45) is 7.05 Å². The van der Waals surface area contributed by atoms with Crippen molar-refractivity contribution < 1.29 is 35.9 Å². The molecule has 2 aliphatic rings. The Hall–Kier alpha value is -2.92. The van der Waals surface area contributed by atoms with Gasteiger partial charge in [0.1, 0.15) is 7.05 Å². The number of ether oxygens (including phenoxy) is 4. The Morgan fingerprint density at radius 1 is 0.731 bits per heavy atom. The van der Waals surface area contributed by atoms with Crippen LogP contribution in [0, 0.1) is 0 Å². The molecule has 0 spiro atoms. The van der Waals surface area contributed by atoms with Crippen LogP contribution in [0.25, 0.3) is 32.4 Å². The highest BCUT2D eigenvalue weighted by atomic mass is 35.5. The van der Waals surface area contributed by atoms with Gasteiger partial charge < -0.3 is 31.4 Å². The van der Waals surface area contributed by atoms with Crippen LogP contribution in [-0.4, -0.2) is 13.6 Å². The summed E-state index contributed by atoms with van der Waals surface area (Å²) in [7, 11) is 2.06. The summed E-state index contributed by atoms with van der Waals surface area (Å²) in [6, 6.07) is 12.5. The van der Waals surface area contributed by atoms with Gasteiger partial charge in [-0.2, -0.15) is 4.57 Å². The van der Waals surface area contributed by atoms with Crippen LogP contribution < -0.4 is 35.9 Å². The fraction of sp³-hybridized carbons (Fsp3) is 0.150. The molecule has 0 bridgehead atoms. The number of benzene rings is 3. The van der Waals surface area contributed by atoms with Crippen molar-refractivity contribution in [2.75, 3.05) is 13.6 Å². The minimum atomic E-state index is 0. The standard InChI is InChI=1S/C20H14NO4.ClH/c1-21-8-15-12(4-5-16-20(15)25-10-22-16)13-3-2-11-6-17-18(24-9-23-17)7-14(11)19(13)21;/h2-8H,9-10H2,1H3;1H/q+1;/p-1. The molecular weight excluding hydrogens is 354 g/mol. The Morgan fingerprint density at radius 3 is 2.35 bits per heavy atom. The van der Waals surface area contributed by atoms with Crippen molar-refractivity contribution in [3.63, 3.8) is 0 Å². The lowest BCUT2D eigenvalue weighted by atomic mass is 10.00. The highest BCUT2D eigenvalue weighted by Gasteiger charge is 2.24. The van der Waals surface area contributed by atoms with Crippen molar-refractivity contribution in [1.29, 1.82) is 0 Å². The topological polar surface area (TPSA) is 40.8 Å². The van der Waals surface area contributed by atoms with E-state index in [1.807, 2.05) is 12.1 Å². The number of pyridine rings is 1. The van der Waals surface area contributed by atoms with Gasteiger partial charge in [0.2, 0.25) is 19.1 Å². The summed E-state index contributed by atoms with van der Waals surface area (Å²) >= 11 is 0. The van der Waals surface area contributed by atoms with Crippen molar-refractivity contribution in [2.45, 2.75) is 0 Å². The first-order valence-electron chi connectivity index (χ1n) is 8.16. The van der Waals surface area contributed by atoms with E-state index in [1.54, 1.807) is 0 Å². The molecule has 3 aromatic carbocycles. The summed E-state index contributed by atoms with van der Waals surface area (Å²) < 4.78 is 24.4. The fourth-order valence-electron chi connectivity index (χ4n) is 3.91. The van der Waals surface area contributed by atoms with Gasteiger partial charge in [0.15, 0.2) is 29.2 Å². The number of nitrogens with zero attached hydrogens (tertiary/aromatic N) is 1. The van der Waals surface area contributed by atoms with E-state index in [2.05, 4.69) is 42.1 Å². The highest BCUT2D eigenvalue weighted by molar-refractivity contribution is 6.15. The van der Waals surface area contributed by atoms with Crippen molar-refractivity contribution in [1.82, 2.24) is 0 Å². The lowest BCUT2D eigenvalue weighted by Crippen LogP contribution is -3.00. The summed E-state index contributed by atoms with van der Waals surface area (Å²) in [4.78, 5) is 0. The Bertz CT molecular complexity index is 1220. The van der Waals surface area contributed by atoms with E-state index in [1.165, 1.54) is 5.39 Å². The van der Waals surface area contributed by atoms with E-state index >= 15 is 0 Å². The van der Waals surface area contributed by atoms with E-state index in [-0.39, 0.29) is 26.0 Å². The number of rotatable bonds is 0. The van der Waals surface area contributed by atoms with Crippen molar-refractivity contribution in [3.05, 3.63) is 42.6 Å². The Morgan fingerprint density at radius 2 is 1.46 bits per heavy atom. The van der Waals surface area contributed by atoms with Crippen LogP contribution >= 0.6 is 0 Å². The van der Waals surface area contributed by atoms with Crippen LogP contribution in [0.3, 0.4) is 0 Å². The molecule has 26 heavy (non-hydrogen) atoms. The molecule has 6 rings (SSSR count). The fourth-order valence-corrected chi connectivity index (χ4v) is 3.91. The zero-order chi connectivity index (χ0) is 16.5. The predicted molar refractivity (Wildman–Crippen MR) is 92.4 cm³/mol. The molecule has 0 amide bonds. The molecule has 0 aliphatic carbocycles. The number of fused-ring (bicyclic) bond motifs is 8. The van der Waals surface area contributed by atoms with Crippen molar-refractivity contribution in [3.8, 4) is 23.0 Å². The van der Waals surface area contributed by atoms with Gasteiger partial charge in [0, 0.05) is 5.39 Å². The Labute approximate surface area is 155 Å². The second-order valence-electron chi connectivity index (χ2n) is 6.39. The SMILES string of the molecule is C[n+]1cc2c3c(ccc2c2ccc4cc5c(cc4c21)OCO5)OCO3.[Cl-]. The molecule has 0 unspecified atom stereocenters. The molecule has 0 N–H and O–H groups in total. The average Bonchev–Trinajstić information content (AvgIpc) is 3.28. The van der Waals surface area contributed by atoms with E-state index in [4.69, 9.17) is 18.9 Å². The molecule has 130 valence electrons. The first-order chi connectivity index (χ1) is 12.3. The zero-order valence-corrected chi connectivity index (χ0v) is 14.7. The molecule has 5 nitrogen and oxygen atoms in total. The van der Waals surface area contributed by atoms with Gasteiger partial charge in [-0.25, -0.2) is 0 Å². The molecule has 6 heteroatoms. The van der Waals surface area contributed by atoms with Gasteiger partial charge in [-0.3, -0.25) is 0 Å². The van der Waals surface area contributed by atoms with Gasteiger partial charge in [-0.1, -0.05) is 6.07 Å². The highest BCUT2D eigenvalue weighted by Crippen LogP contribution is 2.42. The third-order valence-corrected chi connectivity index (χ3v) is 5.03. The number of hydrogen-bond donors (Lipinski definition) is 0. The minimum Gasteiger partial charge on any atom is -1.00 e. The first kappa shape index (κ1) is 15.3. The smallest absolute Gasteiger partial charge is 0.231 e. The van der Waals surface area contributed by atoms with Crippen LogP contribution in [0.4, 0.5) is 0 Å². The van der Waals surface area contributed by atoms with Crippen LogP contribution in [0.5, 0.6) is 23.0 Å². The molecule has 0 fully saturated rings. The van der Waals surface area contributed by atoms with Gasteiger partial charge in [0.25, 0.3) is 0 Å². The first-order valence-corrected chi connectivity index (χ1v) is 8.16. The summed E-state index contributed by atoms with van der Waals surface area (Å²) in [5, 5.41) is 5.66. The van der Waals surface area contributed by atoms with Gasteiger partial charge in [0.05, 0.1) is 16.2 Å².